The number of nitrogens with zero attached hydrogens (tertiary/aromatic N) is 2. The zero-order valence-electron chi connectivity index (χ0n) is 15.0. The number of nitrogens with two attached hydrogens (primary N) is 1. The van der Waals surface area contributed by atoms with E-state index in [-0.39, 0.29) is 24.4 Å². The topological polar surface area (TPSA) is 75.9 Å². The van der Waals surface area contributed by atoms with Crippen LogP contribution >= 0.6 is 0 Å². The molecule has 1 aromatic rings. The summed E-state index contributed by atoms with van der Waals surface area (Å²) in [5.74, 6) is 0.444. The number of amides is 2. The standard InChI is InChI=1S/C19H27N3O3/c1-13(20)15-7-8-17-16(11-15)22(19(24)14(2)25-17)12-18(23)21-9-5-3-4-6-10-21/h7-8,11,13-14H,3-6,9-10,12,20H2,1-2H3. The van der Waals surface area contributed by atoms with E-state index in [2.05, 4.69) is 0 Å². The van der Waals surface area contributed by atoms with Crippen molar-refractivity contribution >= 4 is 17.5 Å². The van der Waals surface area contributed by atoms with Gasteiger partial charge in [-0.05, 0) is 44.4 Å². The number of ether oxygens (including phenoxy) is 1. The molecule has 2 heterocycles. The van der Waals surface area contributed by atoms with Crippen molar-refractivity contribution in [1.29, 1.82) is 0 Å². The van der Waals surface area contributed by atoms with Crippen molar-refractivity contribution in [3.05, 3.63) is 23.8 Å². The number of carbonyl (C=O) groups is 2. The molecular formula is C19H27N3O3. The van der Waals surface area contributed by atoms with E-state index in [9.17, 15) is 9.59 Å². The van der Waals surface area contributed by atoms with Crippen molar-refractivity contribution < 1.29 is 14.3 Å². The van der Waals surface area contributed by atoms with Crippen LogP contribution in [0.15, 0.2) is 18.2 Å². The maximum Gasteiger partial charge on any atom is 0.268 e. The van der Waals surface area contributed by atoms with Crippen molar-refractivity contribution in [2.24, 2.45) is 5.73 Å². The van der Waals surface area contributed by atoms with Crippen molar-refractivity contribution in [2.75, 3.05) is 24.5 Å². The SMILES string of the molecule is CC1Oc2ccc(C(C)N)cc2N(CC(=O)N2CCCCCC2)C1=O. The molecule has 1 aromatic carbocycles. The summed E-state index contributed by atoms with van der Waals surface area (Å²) < 4.78 is 5.70. The molecule has 25 heavy (non-hydrogen) atoms. The molecule has 1 saturated heterocycles. The smallest absolute Gasteiger partial charge is 0.268 e. The Morgan fingerprint density at radius 1 is 1.28 bits per heavy atom. The van der Waals surface area contributed by atoms with E-state index in [1.807, 2.05) is 30.0 Å². The predicted octanol–water partition coefficient (Wildman–Crippen LogP) is 2.22. The number of rotatable bonds is 3. The third-order valence-electron chi connectivity index (χ3n) is 4.97. The normalized spacial score (nSPS) is 22.0. The second-order valence-corrected chi connectivity index (χ2v) is 7.00. The quantitative estimate of drug-likeness (QED) is 0.911. The molecule has 136 valence electrons. The summed E-state index contributed by atoms with van der Waals surface area (Å²) in [6.45, 7) is 5.22. The van der Waals surface area contributed by atoms with Gasteiger partial charge in [-0.2, -0.15) is 0 Å². The third kappa shape index (κ3) is 3.79. The molecule has 0 radical (unpaired) electrons. The number of anilines is 1. The van der Waals surface area contributed by atoms with Crippen LogP contribution in [-0.4, -0.2) is 42.5 Å². The van der Waals surface area contributed by atoms with Crippen LogP contribution in [0.5, 0.6) is 5.75 Å². The number of hydrogen-bond acceptors (Lipinski definition) is 4. The van der Waals surface area contributed by atoms with Crippen LogP contribution < -0.4 is 15.4 Å². The van der Waals surface area contributed by atoms with Crippen LogP contribution in [0.3, 0.4) is 0 Å². The minimum atomic E-state index is -0.592. The molecule has 6 heteroatoms. The van der Waals surface area contributed by atoms with E-state index in [4.69, 9.17) is 10.5 Å². The van der Waals surface area contributed by atoms with Gasteiger partial charge in [0.25, 0.3) is 5.91 Å². The first-order chi connectivity index (χ1) is 12.0. The van der Waals surface area contributed by atoms with E-state index < -0.39 is 6.10 Å². The highest BCUT2D eigenvalue weighted by molar-refractivity contribution is 6.03. The van der Waals surface area contributed by atoms with Gasteiger partial charge in [0.1, 0.15) is 12.3 Å². The van der Waals surface area contributed by atoms with Gasteiger partial charge in [-0.3, -0.25) is 14.5 Å². The van der Waals surface area contributed by atoms with Crippen LogP contribution in [0.1, 0.15) is 51.1 Å². The fraction of sp³-hybridized carbons (Fsp3) is 0.579. The second kappa shape index (κ2) is 7.44. The van der Waals surface area contributed by atoms with Gasteiger partial charge in [-0.25, -0.2) is 0 Å². The molecule has 1 fully saturated rings. The second-order valence-electron chi connectivity index (χ2n) is 7.00. The Labute approximate surface area is 148 Å². The van der Waals surface area contributed by atoms with E-state index >= 15 is 0 Å². The van der Waals surface area contributed by atoms with Crippen LogP contribution in [0.25, 0.3) is 0 Å². The lowest BCUT2D eigenvalue weighted by Gasteiger charge is -2.34. The number of carbonyl (C=O) groups excluding carboxylic acids is 2. The zero-order valence-corrected chi connectivity index (χ0v) is 15.0. The number of hydrogen-bond donors (Lipinski definition) is 1. The van der Waals surface area contributed by atoms with Gasteiger partial charge in [0.2, 0.25) is 5.91 Å². The van der Waals surface area contributed by atoms with Crippen LogP contribution in [0.2, 0.25) is 0 Å². The molecule has 3 rings (SSSR count). The summed E-state index contributed by atoms with van der Waals surface area (Å²) in [5.41, 5.74) is 7.52. The molecule has 0 spiro atoms. The maximum absolute atomic E-state index is 12.8. The molecule has 2 atom stereocenters. The Bertz CT molecular complexity index is 651. The van der Waals surface area contributed by atoms with Crippen LogP contribution in [-0.2, 0) is 9.59 Å². The minimum absolute atomic E-state index is 0.00139. The van der Waals surface area contributed by atoms with Crippen molar-refractivity contribution in [3.63, 3.8) is 0 Å². The number of likely N-dealkylation sites (tertiary alicyclic amines) is 1. The predicted molar refractivity (Wildman–Crippen MR) is 96.5 cm³/mol. The molecule has 2 N–H and O–H groups in total. The number of benzene rings is 1. The van der Waals surface area contributed by atoms with Crippen molar-refractivity contribution in [2.45, 2.75) is 51.7 Å². The average molecular weight is 345 g/mol. The summed E-state index contributed by atoms with van der Waals surface area (Å²) in [7, 11) is 0. The fourth-order valence-corrected chi connectivity index (χ4v) is 3.43. The van der Waals surface area contributed by atoms with E-state index in [1.54, 1.807) is 11.8 Å². The number of fused-ring (bicyclic) bond motifs is 1. The molecular weight excluding hydrogens is 318 g/mol. The lowest BCUT2D eigenvalue weighted by molar-refractivity contribution is -0.133. The van der Waals surface area contributed by atoms with Gasteiger partial charge in [0.05, 0.1) is 5.69 Å². The molecule has 2 unspecified atom stereocenters. The van der Waals surface area contributed by atoms with Gasteiger partial charge in [-0.1, -0.05) is 18.9 Å². The summed E-state index contributed by atoms with van der Waals surface area (Å²) in [6, 6.07) is 5.45. The highest BCUT2D eigenvalue weighted by Gasteiger charge is 2.34. The first-order valence-electron chi connectivity index (χ1n) is 9.12. The molecule has 0 saturated carbocycles. The summed E-state index contributed by atoms with van der Waals surface area (Å²) >= 11 is 0. The highest BCUT2D eigenvalue weighted by Crippen LogP contribution is 2.36. The molecule has 6 nitrogen and oxygen atoms in total. The van der Waals surface area contributed by atoms with E-state index in [0.717, 1.165) is 44.3 Å². The Morgan fingerprint density at radius 2 is 1.96 bits per heavy atom. The summed E-state index contributed by atoms with van der Waals surface area (Å²) in [4.78, 5) is 28.9. The molecule has 0 aromatic heterocycles. The summed E-state index contributed by atoms with van der Waals surface area (Å²) in [5, 5.41) is 0. The van der Waals surface area contributed by atoms with E-state index in [0.29, 0.717) is 11.4 Å². The largest absolute Gasteiger partial charge is 0.479 e. The van der Waals surface area contributed by atoms with Gasteiger partial charge < -0.3 is 15.4 Å². The fourth-order valence-electron chi connectivity index (χ4n) is 3.43. The molecule has 0 aliphatic carbocycles. The van der Waals surface area contributed by atoms with Crippen LogP contribution in [0.4, 0.5) is 5.69 Å². The zero-order chi connectivity index (χ0) is 18.0. The Hall–Kier alpha value is -2.08. The lowest BCUT2D eigenvalue weighted by atomic mass is 10.1. The van der Waals surface area contributed by atoms with E-state index in [1.165, 1.54) is 0 Å². The Kier molecular flexibility index (Phi) is 5.27. The summed E-state index contributed by atoms with van der Waals surface area (Å²) in [6.07, 6.45) is 3.80. The third-order valence-corrected chi connectivity index (χ3v) is 4.97. The maximum atomic E-state index is 12.8. The van der Waals surface area contributed by atoms with Gasteiger partial charge >= 0.3 is 0 Å². The first kappa shape index (κ1) is 17.7. The molecule has 2 aliphatic heterocycles. The minimum Gasteiger partial charge on any atom is -0.479 e. The van der Waals surface area contributed by atoms with Gasteiger partial charge in [0, 0.05) is 19.1 Å². The molecule has 2 aliphatic rings. The highest BCUT2D eigenvalue weighted by atomic mass is 16.5. The Morgan fingerprint density at radius 3 is 2.60 bits per heavy atom. The lowest BCUT2D eigenvalue weighted by Crippen LogP contribution is -2.49. The average Bonchev–Trinajstić information content (AvgIpc) is 2.87. The van der Waals surface area contributed by atoms with Crippen molar-refractivity contribution in [1.82, 2.24) is 4.90 Å². The first-order valence-corrected chi connectivity index (χ1v) is 9.12. The van der Waals surface area contributed by atoms with Crippen LogP contribution in [0, 0.1) is 0 Å². The molecule has 0 bridgehead atoms. The van der Waals surface area contributed by atoms with Gasteiger partial charge in [0.15, 0.2) is 6.10 Å². The monoisotopic (exact) mass is 345 g/mol. The van der Waals surface area contributed by atoms with Crippen molar-refractivity contribution in [3.8, 4) is 5.75 Å². The van der Waals surface area contributed by atoms with Gasteiger partial charge in [-0.15, -0.1) is 0 Å². The Balaban J connectivity index is 1.85. The molecule has 2 amide bonds.